The van der Waals surface area contributed by atoms with Crippen LogP contribution in [0.5, 0.6) is 11.5 Å². The standard InChI is InChI=1S/C30H28N4O3/c1-2-36-23-16-14-21(15-17-23)29-32-30-31-25-12-7-13-26(35)27(25)28(34(30)33-29)22-10-6-11-24(18-22)37-19-20-8-4-3-5-9-20/h3-6,8-11,14-18,28H,2,7,12-13,19H2,1H3,(H,31,32,33). The van der Waals surface area contributed by atoms with Crippen LogP contribution in [0.3, 0.4) is 0 Å². The van der Waals surface area contributed by atoms with E-state index < -0.39 is 0 Å². The van der Waals surface area contributed by atoms with E-state index in [1.165, 1.54) is 0 Å². The Morgan fingerprint density at radius 1 is 0.946 bits per heavy atom. The molecule has 1 atom stereocenters. The molecule has 1 N–H and O–H groups in total. The van der Waals surface area contributed by atoms with Gasteiger partial charge in [0.15, 0.2) is 11.6 Å². The molecule has 2 aliphatic rings. The molecule has 1 aliphatic heterocycles. The Balaban J connectivity index is 1.36. The molecule has 1 aliphatic carbocycles. The first-order chi connectivity index (χ1) is 18.2. The molecule has 186 valence electrons. The van der Waals surface area contributed by atoms with Crippen LogP contribution >= 0.6 is 0 Å². The molecule has 7 heteroatoms. The number of benzene rings is 3. The molecule has 0 spiro atoms. The molecule has 3 aromatic carbocycles. The second-order valence-corrected chi connectivity index (χ2v) is 9.20. The molecular formula is C30H28N4O3. The van der Waals surface area contributed by atoms with Crippen LogP contribution in [0.2, 0.25) is 0 Å². The van der Waals surface area contributed by atoms with Gasteiger partial charge in [0.25, 0.3) is 0 Å². The number of ketones is 1. The second-order valence-electron chi connectivity index (χ2n) is 9.20. The average Bonchev–Trinajstić information content (AvgIpc) is 3.36. The second kappa shape index (κ2) is 9.93. The van der Waals surface area contributed by atoms with Crippen LogP contribution in [0.25, 0.3) is 11.4 Å². The summed E-state index contributed by atoms with van der Waals surface area (Å²) >= 11 is 0. The summed E-state index contributed by atoms with van der Waals surface area (Å²) in [5.41, 5.74) is 4.63. The van der Waals surface area contributed by atoms with Gasteiger partial charge >= 0.3 is 0 Å². The third-order valence-electron chi connectivity index (χ3n) is 6.71. The Kier molecular flexibility index (Phi) is 6.18. The Labute approximate surface area is 215 Å². The fourth-order valence-electron chi connectivity index (χ4n) is 4.97. The Hall–Kier alpha value is -4.39. The van der Waals surface area contributed by atoms with Gasteiger partial charge in [-0.15, -0.1) is 5.10 Å². The van der Waals surface area contributed by atoms with Gasteiger partial charge in [-0.05, 0) is 67.3 Å². The highest BCUT2D eigenvalue weighted by Crippen LogP contribution is 2.41. The molecule has 0 saturated carbocycles. The monoisotopic (exact) mass is 492 g/mol. The van der Waals surface area contributed by atoms with Crippen LogP contribution in [-0.4, -0.2) is 27.2 Å². The van der Waals surface area contributed by atoms with Crippen LogP contribution in [0, 0.1) is 0 Å². The van der Waals surface area contributed by atoms with Crippen LogP contribution < -0.4 is 14.8 Å². The molecule has 0 fully saturated rings. The largest absolute Gasteiger partial charge is 0.494 e. The van der Waals surface area contributed by atoms with Crippen molar-refractivity contribution in [3.05, 3.63) is 101 Å². The van der Waals surface area contributed by atoms with Gasteiger partial charge < -0.3 is 14.8 Å². The van der Waals surface area contributed by atoms with E-state index in [4.69, 9.17) is 19.6 Å². The van der Waals surface area contributed by atoms with E-state index in [1.807, 2.05) is 90.5 Å². The molecule has 0 bridgehead atoms. The third kappa shape index (κ3) is 4.60. The number of ether oxygens (including phenoxy) is 2. The van der Waals surface area contributed by atoms with Gasteiger partial charge in [-0.2, -0.15) is 4.98 Å². The van der Waals surface area contributed by atoms with Crippen molar-refractivity contribution < 1.29 is 14.3 Å². The highest BCUT2D eigenvalue weighted by Gasteiger charge is 2.37. The number of Topliss-reactive ketones (excluding diaryl/α,β-unsaturated/α-hetero) is 1. The predicted molar refractivity (Wildman–Crippen MR) is 141 cm³/mol. The minimum Gasteiger partial charge on any atom is -0.494 e. The summed E-state index contributed by atoms with van der Waals surface area (Å²) in [6.07, 6.45) is 2.18. The summed E-state index contributed by atoms with van der Waals surface area (Å²) in [4.78, 5) is 18.0. The van der Waals surface area contributed by atoms with Crippen molar-refractivity contribution in [2.75, 3.05) is 11.9 Å². The van der Waals surface area contributed by atoms with Gasteiger partial charge in [-0.1, -0.05) is 42.5 Å². The molecule has 4 aromatic rings. The number of aromatic nitrogens is 3. The predicted octanol–water partition coefficient (Wildman–Crippen LogP) is 5.94. The van der Waals surface area contributed by atoms with Crippen molar-refractivity contribution in [3.63, 3.8) is 0 Å². The summed E-state index contributed by atoms with van der Waals surface area (Å²) < 4.78 is 13.5. The summed E-state index contributed by atoms with van der Waals surface area (Å²) in [6.45, 7) is 3.05. The number of nitrogens with one attached hydrogen (secondary N) is 1. The molecule has 0 saturated heterocycles. The van der Waals surface area contributed by atoms with Crippen LogP contribution in [-0.2, 0) is 11.4 Å². The van der Waals surface area contributed by atoms with Gasteiger partial charge in [-0.3, -0.25) is 4.79 Å². The number of carbonyl (C=O) groups is 1. The van der Waals surface area contributed by atoms with Gasteiger partial charge in [0.2, 0.25) is 5.95 Å². The van der Waals surface area contributed by atoms with Crippen molar-refractivity contribution in [2.24, 2.45) is 0 Å². The number of nitrogens with zero attached hydrogens (tertiary/aromatic N) is 3. The quantitative estimate of drug-likeness (QED) is 0.344. The fourth-order valence-corrected chi connectivity index (χ4v) is 4.97. The lowest BCUT2D eigenvalue weighted by molar-refractivity contribution is -0.116. The maximum absolute atomic E-state index is 13.2. The van der Waals surface area contributed by atoms with Crippen LogP contribution in [0.4, 0.5) is 5.95 Å². The average molecular weight is 493 g/mol. The van der Waals surface area contributed by atoms with E-state index in [1.54, 1.807) is 0 Å². The molecule has 7 nitrogen and oxygen atoms in total. The molecule has 0 radical (unpaired) electrons. The van der Waals surface area contributed by atoms with E-state index in [2.05, 4.69) is 5.32 Å². The van der Waals surface area contributed by atoms with Crippen LogP contribution in [0.15, 0.2) is 90.1 Å². The Morgan fingerprint density at radius 3 is 2.59 bits per heavy atom. The van der Waals surface area contributed by atoms with Crippen molar-refractivity contribution in [2.45, 2.75) is 38.8 Å². The number of fused-ring (bicyclic) bond motifs is 1. The van der Waals surface area contributed by atoms with Gasteiger partial charge in [0, 0.05) is 23.3 Å². The highest BCUT2D eigenvalue weighted by molar-refractivity contribution is 5.99. The zero-order chi connectivity index (χ0) is 25.2. The Morgan fingerprint density at radius 2 is 1.78 bits per heavy atom. The lowest BCUT2D eigenvalue weighted by Gasteiger charge is -2.32. The van der Waals surface area contributed by atoms with E-state index in [0.717, 1.165) is 52.3 Å². The number of hydrogen-bond acceptors (Lipinski definition) is 6. The summed E-state index contributed by atoms with van der Waals surface area (Å²) in [7, 11) is 0. The minimum absolute atomic E-state index is 0.151. The maximum Gasteiger partial charge on any atom is 0.226 e. The minimum atomic E-state index is -0.372. The zero-order valence-electron chi connectivity index (χ0n) is 20.7. The number of carbonyl (C=O) groups excluding carboxylic acids is 1. The summed E-state index contributed by atoms with van der Waals surface area (Å²) in [5.74, 6) is 2.94. The number of rotatable bonds is 7. The molecular weight excluding hydrogens is 464 g/mol. The molecule has 1 unspecified atom stereocenters. The lowest BCUT2D eigenvalue weighted by Crippen LogP contribution is -2.31. The Bertz CT molecular complexity index is 1460. The first-order valence-corrected chi connectivity index (χ1v) is 12.7. The zero-order valence-corrected chi connectivity index (χ0v) is 20.7. The van der Waals surface area contributed by atoms with Crippen molar-refractivity contribution in [1.29, 1.82) is 0 Å². The topological polar surface area (TPSA) is 78.3 Å². The first-order valence-electron chi connectivity index (χ1n) is 12.7. The normalized spacial score (nSPS) is 16.6. The maximum atomic E-state index is 13.2. The lowest BCUT2D eigenvalue weighted by atomic mass is 9.85. The van der Waals surface area contributed by atoms with Gasteiger partial charge in [0.05, 0.1) is 6.61 Å². The van der Waals surface area contributed by atoms with Gasteiger partial charge in [-0.25, -0.2) is 4.68 Å². The molecule has 1 aromatic heterocycles. The third-order valence-corrected chi connectivity index (χ3v) is 6.71. The number of allylic oxidation sites excluding steroid dienone is 2. The molecule has 37 heavy (non-hydrogen) atoms. The fraction of sp³-hybridized carbons (Fsp3) is 0.233. The van der Waals surface area contributed by atoms with E-state index in [0.29, 0.717) is 31.4 Å². The smallest absolute Gasteiger partial charge is 0.226 e. The van der Waals surface area contributed by atoms with E-state index in [9.17, 15) is 4.79 Å². The summed E-state index contributed by atoms with van der Waals surface area (Å²) in [6, 6.07) is 25.4. The van der Waals surface area contributed by atoms with E-state index >= 15 is 0 Å². The van der Waals surface area contributed by atoms with Crippen molar-refractivity contribution in [3.8, 4) is 22.9 Å². The van der Waals surface area contributed by atoms with Crippen LogP contribution in [0.1, 0.15) is 43.4 Å². The van der Waals surface area contributed by atoms with Crippen molar-refractivity contribution >= 4 is 11.7 Å². The number of anilines is 1. The van der Waals surface area contributed by atoms with Gasteiger partial charge in [0.1, 0.15) is 24.1 Å². The molecule has 0 amide bonds. The summed E-state index contributed by atoms with van der Waals surface area (Å²) in [5, 5.41) is 8.28. The number of hydrogen-bond donors (Lipinski definition) is 1. The van der Waals surface area contributed by atoms with Crippen molar-refractivity contribution in [1.82, 2.24) is 14.8 Å². The molecule has 2 heterocycles. The SMILES string of the molecule is CCOc1ccc(-c2nc3n(n2)C(c2cccc(OCc4ccccc4)c2)C2=C(CCCC2=O)N3)cc1. The van der Waals surface area contributed by atoms with E-state index in [-0.39, 0.29) is 11.8 Å². The highest BCUT2D eigenvalue weighted by atomic mass is 16.5. The molecule has 6 rings (SSSR count). The first kappa shape index (κ1) is 23.0.